The van der Waals surface area contributed by atoms with Gasteiger partial charge in [-0.2, -0.15) is 0 Å². The lowest BCUT2D eigenvalue weighted by molar-refractivity contribution is 0.0492. The minimum absolute atomic E-state index is 0.308. The molecule has 2 atom stereocenters. The zero-order valence-electron chi connectivity index (χ0n) is 11.0. The van der Waals surface area contributed by atoms with Crippen LogP contribution in [0.2, 0.25) is 0 Å². The molecule has 0 amide bonds. The smallest absolute Gasteiger partial charge is 0.133 e. The van der Waals surface area contributed by atoms with Gasteiger partial charge in [0.25, 0.3) is 0 Å². The first kappa shape index (κ1) is 12.9. The molecule has 3 rings (SSSR count). The molecular weight excluding hydrogens is 259 g/mol. The third kappa shape index (κ3) is 2.34. The standard InChI is InChI=1S/C16H15FO3/c1-19-13-5-2-10-8-15(16(18)14(10)9-13)20-12-6-3-11(17)4-7-12/h2-7,9,15-16,18H,8H2,1H3. The van der Waals surface area contributed by atoms with E-state index in [4.69, 9.17) is 9.47 Å². The van der Waals surface area contributed by atoms with Crippen LogP contribution in [0.15, 0.2) is 42.5 Å². The van der Waals surface area contributed by atoms with E-state index in [2.05, 4.69) is 0 Å². The second kappa shape index (κ2) is 5.13. The van der Waals surface area contributed by atoms with E-state index < -0.39 is 6.10 Å². The topological polar surface area (TPSA) is 38.7 Å². The van der Waals surface area contributed by atoms with E-state index >= 15 is 0 Å². The number of ether oxygens (including phenoxy) is 2. The Morgan fingerprint density at radius 3 is 2.50 bits per heavy atom. The third-order valence-electron chi connectivity index (χ3n) is 3.55. The molecule has 0 saturated heterocycles. The normalized spacial score (nSPS) is 20.6. The van der Waals surface area contributed by atoms with E-state index in [1.807, 2.05) is 18.2 Å². The molecule has 0 aromatic heterocycles. The highest BCUT2D eigenvalue weighted by molar-refractivity contribution is 5.41. The number of methoxy groups -OCH3 is 1. The summed E-state index contributed by atoms with van der Waals surface area (Å²) in [5, 5.41) is 10.3. The monoisotopic (exact) mass is 274 g/mol. The zero-order valence-corrected chi connectivity index (χ0v) is 11.0. The molecule has 3 nitrogen and oxygen atoms in total. The van der Waals surface area contributed by atoms with Crippen LogP contribution in [0.3, 0.4) is 0 Å². The molecule has 20 heavy (non-hydrogen) atoms. The number of fused-ring (bicyclic) bond motifs is 1. The van der Waals surface area contributed by atoms with Gasteiger partial charge in [0.1, 0.15) is 29.5 Å². The first-order valence-electron chi connectivity index (χ1n) is 6.44. The Hall–Kier alpha value is -2.07. The first-order valence-corrected chi connectivity index (χ1v) is 6.44. The minimum Gasteiger partial charge on any atom is -0.497 e. The van der Waals surface area contributed by atoms with Gasteiger partial charge in [0.15, 0.2) is 0 Å². The van der Waals surface area contributed by atoms with Gasteiger partial charge in [-0.15, -0.1) is 0 Å². The second-order valence-corrected chi connectivity index (χ2v) is 4.82. The maximum atomic E-state index is 12.9. The van der Waals surface area contributed by atoms with Crippen molar-refractivity contribution in [2.75, 3.05) is 7.11 Å². The van der Waals surface area contributed by atoms with Crippen LogP contribution >= 0.6 is 0 Å². The summed E-state index contributed by atoms with van der Waals surface area (Å²) in [5.41, 5.74) is 1.88. The summed E-state index contributed by atoms with van der Waals surface area (Å²) in [6, 6.07) is 11.4. The fourth-order valence-corrected chi connectivity index (χ4v) is 2.48. The van der Waals surface area contributed by atoms with Crippen molar-refractivity contribution < 1.29 is 19.0 Å². The molecule has 0 bridgehead atoms. The van der Waals surface area contributed by atoms with Gasteiger partial charge in [0.05, 0.1) is 7.11 Å². The van der Waals surface area contributed by atoms with Crippen molar-refractivity contribution in [2.24, 2.45) is 0 Å². The Morgan fingerprint density at radius 1 is 1.10 bits per heavy atom. The van der Waals surface area contributed by atoms with Crippen LogP contribution < -0.4 is 9.47 Å². The van der Waals surface area contributed by atoms with Crippen molar-refractivity contribution in [1.82, 2.24) is 0 Å². The number of rotatable bonds is 3. The third-order valence-corrected chi connectivity index (χ3v) is 3.55. The quantitative estimate of drug-likeness (QED) is 0.935. The lowest BCUT2D eigenvalue weighted by atomic mass is 10.1. The Bertz CT molecular complexity index is 610. The Morgan fingerprint density at radius 2 is 1.80 bits per heavy atom. The molecule has 4 heteroatoms. The molecular formula is C16H15FO3. The minimum atomic E-state index is -0.704. The van der Waals surface area contributed by atoms with Gasteiger partial charge in [-0.3, -0.25) is 0 Å². The van der Waals surface area contributed by atoms with Crippen molar-refractivity contribution in [1.29, 1.82) is 0 Å². The predicted octanol–water partition coefficient (Wildman–Crippen LogP) is 2.87. The lowest BCUT2D eigenvalue weighted by Gasteiger charge is -2.17. The van der Waals surface area contributed by atoms with E-state index in [1.165, 1.54) is 12.1 Å². The molecule has 0 fully saturated rings. The van der Waals surface area contributed by atoms with Gasteiger partial charge in [-0.1, -0.05) is 6.07 Å². The molecule has 0 radical (unpaired) electrons. The molecule has 0 aliphatic heterocycles. The summed E-state index contributed by atoms with van der Waals surface area (Å²) in [4.78, 5) is 0. The lowest BCUT2D eigenvalue weighted by Crippen LogP contribution is -2.21. The molecule has 1 aliphatic carbocycles. The summed E-state index contributed by atoms with van der Waals surface area (Å²) in [7, 11) is 1.59. The molecule has 1 aliphatic rings. The zero-order chi connectivity index (χ0) is 14.1. The average Bonchev–Trinajstić information content (AvgIpc) is 2.77. The highest BCUT2D eigenvalue weighted by Gasteiger charge is 2.33. The highest BCUT2D eigenvalue weighted by Crippen LogP contribution is 2.36. The molecule has 2 aromatic carbocycles. The maximum absolute atomic E-state index is 12.9. The van der Waals surface area contributed by atoms with Crippen molar-refractivity contribution in [3.05, 3.63) is 59.4 Å². The van der Waals surface area contributed by atoms with Crippen LogP contribution in [0.4, 0.5) is 4.39 Å². The summed E-state index contributed by atoms with van der Waals surface area (Å²) < 4.78 is 23.8. The summed E-state index contributed by atoms with van der Waals surface area (Å²) in [6.45, 7) is 0. The molecule has 0 heterocycles. The van der Waals surface area contributed by atoms with Gasteiger partial charge >= 0.3 is 0 Å². The number of hydrogen-bond acceptors (Lipinski definition) is 3. The average molecular weight is 274 g/mol. The Balaban J connectivity index is 1.79. The first-order chi connectivity index (χ1) is 9.67. The van der Waals surface area contributed by atoms with E-state index in [9.17, 15) is 9.50 Å². The number of aliphatic hydroxyl groups is 1. The van der Waals surface area contributed by atoms with Crippen molar-refractivity contribution in [3.63, 3.8) is 0 Å². The fraction of sp³-hybridized carbons (Fsp3) is 0.250. The number of halogens is 1. The van der Waals surface area contributed by atoms with E-state index in [0.29, 0.717) is 17.9 Å². The van der Waals surface area contributed by atoms with Gasteiger partial charge in [0, 0.05) is 6.42 Å². The van der Waals surface area contributed by atoms with Gasteiger partial charge in [-0.05, 0) is 47.5 Å². The molecule has 1 N–H and O–H groups in total. The van der Waals surface area contributed by atoms with E-state index in [0.717, 1.165) is 11.1 Å². The predicted molar refractivity (Wildman–Crippen MR) is 72.5 cm³/mol. The SMILES string of the molecule is COc1ccc2c(c1)C(O)C(Oc1ccc(F)cc1)C2. The molecule has 2 unspecified atom stereocenters. The highest BCUT2D eigenvalue weighted by atomic mass is 19.1. The van der Waals surface area contributed by atoms with Gasteiger partial charge in [-0.25, -0.2) is 4.39 Å². The van der Waals surface area contributed by atoms with E-state index in [1.54, 1.807) is 19.2 Å². The maximum Gasteiger partial charge on any atom is 0.133 e. The van der Waals surface area contributed by atoms with Crippen molar-refractivity contribution >= 4 is 0 Å². The van der Waals surface area contributed by atoms with Crippen LogP contribution in [0, 0.1) is 5.82 Å². The molecule has 104 valence electrons. The van der Waals surface area contributed by atoms with Crippen molar-refractivity contribution in [3.8, 4) is 11.5 Å². The molecule has 0 spiro atoms. The van der Waals surface area contributed by atoms with Gasteiger partial charge in [0.2, 0.25) is 0 Å². The summed E-state index contributed by atoms with van der Waals surface area (Å²) in [5.74, 6) is 0.956. The second-order valence-electron chi connectivity index (χ2n) is 4.82. The van der Waals surface area contributed by atoms with Crippen LogP contribution in [0.25, 0.3) is 0 Å². The van der Waals surface area contributed by atoms with Crippen LogP contribution in [0.5, 0.6) is 11.5 Å². The summed E-state index contributed by atoms with van der Waals surface area (Å²) >= 11 is 0. The number of hydrogen-bond donors (Lipinski definition) is 1. The number of benzene rings is 2. The molecule has 2 aromatic rings. The van der Waals surface area contributed by atoms with Crippen molar-refractivity contribution in [2.45, 2.75) is 18.6 Å². The summed E-state index contributed by atoms with van der Waals surface area (Å²) in [6.07, 6.45) is -0.439. The van der Waals surface area contributed by atoms with Crippen LogP contribution in [-0.4, -0.2) is 18.3 Å². The van der Waals surface area contributed by atoms with Crippen LogP contribution in [-0.2, 0) is 6.42 Å². The Labute approximate surface area is 116 Å². The van der Waals surface area contributed by atoms with Crippen LogP contribution in [0.1, 0.15) is 17.2 Å². The Kier molecular flexibility index (Phi) is 3.32. The fourth-order valence-electron chi connectivity index (χ4n) is 2.48. The van der Waals surface area contributed by atoms with E-state index in [-0.39, 0.29) is 11.9 Å². The van der Waals surface area contributed by atoms with Gasteiger partial charge < -0.3 is 14.6 Å². The molecule has 0 saturated carbocycles. The number of aliphatic hydroxyl groups excluding tert-OH is 1. The largest absolute Gasteiger partial charge is 0.497 e.